The largest absolute Gasteiger partial charge is 0.507 e. The number of aromatic hydroxyl groups is 1. The molecule has 0 saturated carbocycles. The van der Waals surface area contributed by atoms with Crippen LogP contribution in [0.5, 0.6) is 5.75 Å². The quantitative estimate of drug-likeness (QED) is 0.898. The molecule has 0 aliphatic heterocycles. The third kappa shape index (κ3) is 3.75. The van der Waals surface area contributed by atoms with Crippen LogP contribution in [-0.2, 0) is 17.9 Å². The van der Waals surface area contributed by atoms with Crippen molar-refractivity contribution in [3.8, 4) is 5.75 Å². The molecule has 0 spiro atoms. The number of hydrogen-bond acceptors (Lipinski definition) is 3. The van der Waals surface area contributed by atoms with Crippen molar-refractivity contribution in [1.29, 1.82) is 0 Å². The fraction of sp³-hybridized carbons (Fsp3) is 0.188. The Morgan fingerprint density at radius 2 is 1.90 bits per heavy atom. The highest BCUT2D eigenvalue weighted by Gasteiger charge is 2.06. The van der Waals surface area contributed by atoms with Gasteiger partial charge in [0.1, 0.15) is 12.4 Å². The molecule has 2 aromatic rings. The normalized spacial score (nSPS) is 10.1. The van der Waals surface area contributed by atoms with Crippen molar-refractivity contribution in [2.24, 2.45) is 0 Å². The highest BCUT2D eigenvalue weighted by molar-refractivity contribution is 5.67. The molecule has 0 radical (unpaired) electrons. The number of rotatable bonds is 4. The Hall–Kier alpha value is -2.49. The lowest BCUT2D eigenvalue weighted by molar-refractivity contribution is 0.139. The number of hydrogen-bond donors (Lipinski definition) is 2. The number of nitrogens with one attached hydrogen (secondary N) is 1. The van der Waals surface area contributed by atoms with Crippen LogP contribution in [0.2, 0.25) is 0 Å². The average Bonchev–Trinajstić information content (AvgIpc) is 2.48. The maximum absolute atomic E-state index is 11.6. The van der Waals surface area contributed by atoms with Crippen LogP contribution in [0.15, 0.2) is 48.5 Å². The van der Waals surface area contributed by atoms with Gasteiger partial charge in [0.2, 0.25) is 0 Å². The van der Waals surface area contributed by atoms with Crippen molar-refractivity contribution >= 4 is 6.09 Å². The third-order valence-electron chi connectivity index (χ3n) is 2.96. The van der Waals surface area contributed by atoms with Gasteiger partial charge in [-0.25, -0.2) is 4.79 Å². The Morgan fingerprint density at radius 3 is 2.65 bits per heavy atom. The van der Waals surface area contributed by atoms with E-state index >= 15 is 0 Å². The van der Waals surface area contributed by atoms with E-state index in [1.807, 2.05) is 49.4 Å². The van der Waals surface area contributed by atoms with Gasteiger partial charge in [-0.15, -0.1) is 0 Å². The molecule has 0 atom stereocenters. The van der Waals surface area contributed by atoms with Crippen LogP contribution in [-0.4, -0.2) is 11.2 Å². The van der Waals surface area contributed by atoms with Crippen molar-refractivity contribution in [2.75, 3.05) is 0 Å². The minimum absolute atomic E-state index is 0.204. The minimum atomic E-state index is -0.505. The number of phenols is 1. The number of phenolic OH excluding ortho intramolecular Hbond substituents is 1. The van der Waals surface area contributed by atoms with Crippen LogP contribution in [0.4, 0.5) is 4.79 Å². The summed E-state index contributed by atoms with van der Waals surface area (Å²) in [4.78, 5) is 11.6. The first-order chi connectivity index (χ1) is 9.66. The van der Waals surface area contributed by atoms with Gasteiger partial charge in [0, 0.05) is 12.1 Å². The van der Waals surface area contributed by atoms with E-state index in [0.717, 1.165) is 11.1 Å². The van der Waals surface area contributed by atoms with Crippen LogP contribution >= 0.6 is 0 Å². The molecule has 0 unspecified atom stereocenters. The van der Waals surface area contributed by atoms with Gasteiger partial charge in [-0.2, -0.15) is 0 Å². The van der Waals surface area contributed by atoms with E-state index in [4.69, 9.17) is 4.74 Å². The maximum Gasteiger partial charge on any atom is 0.407 e. The summed E-state index contributed by atoms with van der Waals surface area (Å²) in [6, 6.07) is 14.9. The van der Waals surface area contributed by atoms with E-state index in [1.54, 1.807) is 6.07 Å². The van der Waals surface area contributed by atoms with Crippen LogP contribution in [0.1, 0.15) is 16.7 Å². The second-order valence-electron chi connectivity index (χ2n) is 4.50. The molecule has 0 aromatic heterocycles. The van der Waals surface area contributed by atoms with Gasteiger partial charge >= 0.3 is 6.09 Å². The molecule has 0 aliphatic carbocycles. The van der Waals surface area contributed by atoms with Crippen molar-refractivity contribution in [2.45, 2.75) is 20.1 Å². The monoisotopic (exact) mass is 271 g/mol. The summed E-state index contributed by atoms with van der Waals surface area (Å²) in [5.41, 5.74) is 2.38. The molecule has 0 heterocycles. The summed E-state index contributed by atoms with van der Waals surface area (Å²) in [6.45, 7) is 2.28. The molecule has 0 saturated heterocycles. The van der Waals surface area contributed by atoms with E-state index in [0.29, 0.717) is 5.56 Å². The molecular formula is C16H17NO3. The predicted molar refractivity (Wildman–Crippen MR) is 76.3 cm³/mol. The molecule has 2 N–H and O–H groups in total. The Balaban J connectivity index is 1.82. The molecule has 1 amide bonds. The first-order valence-corrected chi connectivity index (χ1v) is 6.39. The number of amides is 1. The van der Waals surface area contributed by atoms with Gasteiger partial charge in [0.25, 0.3) is 0 Å². The van der Waals surface area contributed by atoms with E-state index in [-0.39, 0.29) is 18.9 Å². The molecule has 2 aromatic carbocycles. The van der Waals surface area contributed by atoms with Crippen molar-refractivity contribution in [3.63, 3.8) is 0 Å². The van der Waals surface area contributed by atoms with Crippen molar-refractivity contribution in [1.82, 2.24) is 5.32 Å². The number of benzene rings is 2. The highest BCUT2D eigenvalue weighted by Crippen LogP contribution is 2.20. The van der Waals surface area contributed by atoms with E-state index in [2.05, 4.69) is 5.32 Å². The molecule has 104 valence electrons. The zero-order valence-electron chi connectivity index (χ0n) is 11.3. The number of aryl methyl sites for hydroxylation is 1. The fourth-order valence-electron chi connectivity index (χ4n) is 1.80. The van der Waals surface area contributed by atoms with Crippen molar-refractivity contribution in [3.05, 3.63) is 65.2 Å². The van der Waals surface area contributed by atoms with Gasteiger partial charge in [-0.05, 0) is 18.1 Å². The Kier molecular flexibility index (Phi) is 4.60. The predicted octanol–water partition coefficient (Wildman–Crippen LogP) is 3.13. The van der Waals surface area contributed by atoms with Crippen LogP contribution in [0.25, 0.3) is 0 Å². The lowest BCUT2D eigenvalue weighted by atomic mass is 10.1. The zero-order chi connectivity index (χ0) is 14.4. The standard InChI is InChI=1S/C16H17NO3/c1-12-6-5-9-14(15(12)18)10-17-16(19)20-11-13-7-3-2-4-8-13/h2-9,18H,10-11H2,1H3,(H,17,19). The lowest BCUT2D eigenvalue weighted by Crippen LogP contribution is -2.23. The minimum Gasteiger partial charge on any atom is -0.507 e. The summed E-state index contributed by atoms with van der Waals surface area (Å²) in [7, 11) is 0. The number of alkyl carbamates (subject to hydrolysis) is 1. The second-order valence-corrected chi connectivity index (χ2v) is 4.50. The first kappa shape index (κ1) is 13.9. The molecule has 0 fully saturated rings. The van der Waals surface area contributed by atoms with Gasteiger partial charge < -0.3 is 15.2 Å². The molecule has 0 aliphatic rings. The molecule has 20 heavy (non-hydrogen) atoms. The average molecular weight is 271 g/mol. The Labute approximate surface area is 118 Å². The van der Waals surface area contributed by atoms with E-state index in [9.17, 15) is 9.90 Å². The second kappa shape index (κ2) is 6.61. The summed E-state index contributed by atoms with van der Waals surface area (Å²) in [6.07, 6.45) is -0.505. The van der Waals surface area contributed by atoms with Gasteiger partial charge in [-0.1, -0.05) is 48.5 Å². The maximum atomic E-state index is 11.6. The molecular weight excluding hydrogens is 254 g/mol. The molecule has 2 rings (SSSR count). The molecule has 4 heteroatoms. The molecule has 4 nitrogen and oxygen atoms in total. The van der Waals surface area contributed by atoms with Gasteiger partial charge in [0.05, 0.1) is 0 Å². The number of para-hydroxylation sites is 1. The smallest absolute Gasteiger partial charge is 0.407 e. The number of ether oxygens (including phenoxy) is 1. The van der Waals surface area contributed by atoms with E-state index < -0.39 is 6.09 Å². The first-order valence-electron chi connectivity index (χ1n) is 6.39. The topological polar surface area (TPSA) is 58.6 Å². The zero-order valence-corrected chi connectivity index (χ0v) is 11.3. The summed E-state index contributed by atoms with van der Waals surface area (Å²) in [5.74, 6) is 0.204. The highest BCUT2D eigenvalue weighted by atomic mass is 16.5. The Bertz CT molecular complexity index is 582. The third-order valence-corrected chi connectivity index (χ3v) is 2.96. The van der Waals surface area contributed by atoms with Crippen molar-refractivity contribution < 1.29 is 14.6 Å². The molecule has 0 bridgehead atoms. The SMILES string of the molecule is Cc1cccc(CNC(=O)OCc2ccccc2)c1O. The lowest BCUT2D eigenvalue weighted by Gasteiger charge is -2.09. The van der Waals surface area contributed by atoms with E-state index in [1.165, 1.54) is 0 Å². The van der Waals surface area contributed by atoms with Crippen LogP contribution in [0.3, 0.4) is 0 Å². The summed E-state index contributed by atoms with van der Waals surface area (Å²) < 4.78 is 5.09. The Morgan fingerprint density at radius 1 is 1.15 bits per heavy atom. The fourth-order valence-corrected chi connectivity index (χ4v) is 1.80. The van der Waals surface area contributed by atoms with Crippen LogP contribution < -0.4 is 5.32 Å². The van der Waals surface area contributed by atoms with Gasteiger partial charge in [0.15, 0.2) is 0 Å². The number of carbonyl (C=O) groups is 1. The van der Waals surface area contributed by atoms with Gasteiger partial charge in [-0.3, -0.25) is 0 Å². The summed E-state index contributed by atoms with van der Waals surface area (Å²) >= 11 is 0. The van der Waals surface area contributed by atoms with Crippen LogP contribution in [0, 0.1) is 6.92 Å². The number of carbonyl (C=O) groups excluding carboxylic acids is 1. The summed E-state index contributed by atoms with van der Waals surface area (Å²) in [5, 5.41) is 12.4.